The number of hydrogen-bond donors (Lipinski definition) is 1. The molecule has 1 saturated heterocycles. The van der Waals surface area contributed by atoms with E-state index in [0.717, 1.165) is 19.6 Å². The van der Waals surface area contributed by atoms with Crippen LogP contribution in [-0.2, 0) is 17.6 Å². The smallest absolute Gasteiger partial charge is 0.0603 e. The van der Waals surface area contributed by atoms with Crippen molar-refractivity contribution in [2.24, 2.45) is 5.73 Å². The predicted octanol–water partition coefficient (Wildman–Crippen LogP) is 2.38. The summed E-state index contributed by atoms with van der Waals surface area (Å²) >= 11 is 1.89. The van der Waals surface area contributed by atoms with Gasteiger partial charge in [-0.1, -0.05) is 6.07 Å². The molecule has 2 nitrogen and oxygen atoms in total. The van der Waals surface area contributed by atoms with Crippen molar-refractivity contribution in [1.29, 1.82) is 0 Å². The molecule has 0 bridgehead atoms. The highest BCUT2D eigenvalue weighted by Crippen LogP contribution is 2.32. The van der Waals surface area contributed by atoms with E-state index in [1.165, 1.54) is 24.2 Å². The van der Waals surface area contributed by atoms with Crippen molar-refractivity contribution < 1.29 is 4.74 Å². The van der Waals surface area contributed by atoms with E-state index in [-0.39, 0.29) is 6.04 Å². The number of aryl methyl sites for hydroxylation is 2. The Labute approximate surface area is 107 Å². The molecule has 0 amide bonds. The van der Waals surface area contributed by atoms with E-state index >= 15 is 0 Å². The van der Waals surface area contributed by atoms with E-state index < -0.39 is 0 Å². The first-order valence-electron chi connectivity index (χ1n) is 6.45. The number of benzene rings is 1. The molecule has 1 heterocycles. The third-order valence-corrected chi connectivity index (χ3v) is 5.03. The van der Waals surface area contributed by atoms with E-state index in [2.05, 4.69) is 18.2 Å². The second-order valence-electron chi connectivity index (χ2n) is 4.97. The van der Waals surface area contributed by atoms with Crippen molar-refractivity contribution in [2.75, 3.05) is 13.2 Å². The van der Waals surface area contributed by atoms with Gasteiger partial charge >= 0.3 is 0 Å². The molecule has 1 aromatic rings. The minimum absolute atomic E-state index is 0.280. The number of ether oxygens (including phenoxy) is 1. The van der Waals surface area contributed by atoms with Gasteiger partial charge in [-0.3, -0.25) is 0 Å². The van der Waals surface area contributed by atoms with Crippen LogP contribution in [0.4, 0.5) is 0 Å². The molecule has 1 aromatic carbocycles. The van der Waals surface area contributed by atoms with Crippen molar-refractivity contribution in [3.05, 3.63) is 29.3 Å². The van der Waals surface area contributed by atoms with Gasteiger partial charge in [0.05, 0.1) is 6.61 Å². The van der Waals surface area contributed by atoms with Crippen LogP contribution >= 0.6 is 11.8 Å². The predicted molar refractivity (Wildman–Crippen MR) is 71.5 cm³/mol. The fraction of sp³-hybridized carbons (Fsp3) is 0.571. The van der Waals surface area contributed by atoms with Gasteiger partial charge in [-0.25, -0.2) is 0 Å². The van der Waals surface area contributed by atoms with Crippen LogP contribution in [0, 0.1) is 0 Å². The van der Waals surface area contributed by atoms with Gasteiger partial charge in [-0.15, -0.1) is 11.8 Å². The summed E-state index contributed by atoms with van der Waals surface area (Å²) in [5.74, 6) is 0. The first-order valence-corrected chi connectivity index (χ1v) is 7.33. The summed E-state index contributed by atoms with van der Waals surface area (Å²) in [7, 11) is 0. The largest absolute Gasteiger partial charge is 0.380 e. The van der Waals surface area contributed by atoms with Gasteiger partial charge in [0, 0.05) is 22.8 Å². The molecular weight excluding hydrogens is 230 g/mol. The van der Waals surface area contributed by atoms with Crippen LogP contribution < -0.4 is 5.73 Å². The maximum atomic E-state index is 6.14. The fourth-order valence-electron chi connectivity index (χ4n) is 2.65. The lowest BCUT2D eigenvalue weighted by atomic mass is 10.1. The number of fused-ring (bicyclic) bond motifs is 1. The van der Waals surface area contributed by atoms with Gasteiger partial charge in [0.15, 0.2) is 0 Å². The third-order valence-electron chi connectivity index (χ3n) is 3.71. The van der Waals surface area contributed by atoms with Crippen molar-refractivity contribution in [3.8, 4) is 0 Å². The summed E-state index contributed by atoms with van der Waals surface area (Å²) in [5.41, 5.74) is 9.22. The summed E-state index contributed by atoms with van der Waals surface area (Å²) < 4.78 is 5.52. The lowest BCUT2D eigenvalue weighted by molar-refractivity contribution is 0.0916. The minimum Gasteiger partial charge on any atom is -0.380 e. The van der Waals surface area contributed by atoms with E-state index in [9.17, 15) is 0 Å². The summed E-state index contributed by atoms with van der Waals surface area (Å²) in [6.45, 7) is 1.62. The molecule has 0 aromatic heterocycles. The molecule has 2 atom stereocenters. The highest BCUT2D eigenvalue weighted by molar-refractivity contribution is 8.00. The highest BCUT2D eigenvalue weighted by Gasteiger charge is 2.23. The van der Waals surface area contributed by atoms with Crippen molar-refractivity contribution in [1.82, 2.24) is 0 Å². The van der Waals surface area contributed by atoms with Crippen LogP contribution in [0.25, 0.3) is 0 Å². The van der Waals surface area contributed by atoms with Gasteiger partial charge in [0.1, 0.15) is 0 Å². The molecule has 2 aliphatic rings. The normalized spacial score (nSPS) is 28.1. The number of nitrogens with two attached hydrogens (primary N) is 1. The average molecular weight is 249 g/mol. The Morgan fingerprint density at radius 2 is 2.12 bits per heavy atom. The monoisotopic (exact) mass is 249 g/mol. The molecule has 1 fully saturated rings. The molecule has 1 aliphatic heterocycles. The molecule has 2 N–H and O–H groups in total. The van der Waals surface area contributed by atoms with Crippen LogP contribution in [0.3, 0.4) is 0 Å². The van der Waals surface area contributed by atoms with Crippen molar-refractivity contribution >= 4 is 11.8 Å². The maximum absolute atomic E-state index is 6.14. The molecular formula is C14H19NOS. The van der Waals surface area contributed by atoms with Gasteiger partial charge in [-0.05, 0) is 48.9 Å². The first kappa shape index (κ1) is 11.6. The van der Waals surface area contributed by atoms with Gasteiger partial charge in [0.2, 0.25) is 0 Å². The van der Waals surface area contributed by atoms with E-state index in [1.807, 2.05) is 11.8 Å². The first-order chi connectivity index (χ1) is 8.33. The number of rotatable bonds is 2. The zero-order valence-electron chi connectivity index (χ0n) is 10.0. The molecule has 3 heteroatoms. The summed E-state index contributed by atoms with van der Waals surface area (Å²) in [6, 6.07) is 7.17. The molecule has 92 valence electrons. The Balaban J connectivity index is 1.72. The Bertz CT molecular complexity index is 407. The topological polar surface area (TPSA) is 35.2 Å². The van der Waals surface area contributed by atoms with E-state index in [0.29, 0.717) is 5.25 Å². The van der Waals surface area contributed by atoms with Crippen molar-refractivity contribution in [2.45, 2.75) is 41.9 Å². The van der Waals surface area contributed by atoms with Crippen molar-refractivity contribution in [3.63, 3.8) is 0 Å². The number of hydrogen-bond acceptors (Lipinski definition) is 3. The fourth-order valence-corrected chi connectivity index (χ4v) is 3.83. The highest BCUT2D eigenvalue weighted by atomic mass is 32.2. The van der Waals surface area contributed by atoms with Crippen LogP contribution in [-0.4, -0.2) is 24.5 Å². The zero-order valence-corrected chi connectivity index (χ0v) is 10.8. The van der Waals surface area contributed by atoms with Gasteiger partial charge < -0.3 is 10.5 Å². The summed E-state index contributed by atoms with van der Waals surface area (Å²) in [6.07, 6.45) is 4.81. The average Bonchev–Trinajstić information content (AvgIpc) is 2.79. The van der Waals surface area contributed by atoms with E-state index in [1.54, 1.807) is 11.1 Å². The molecule has 0 saturated carbocycles. The van der Waals surface area contributed by atoms with Crippen LogP contribution in [0.5, 0.6) is 0 Å². The third kappa shape index (κ3) is 2.51. The molecule has 0 spiro atoms. The number of thioether (sulfide) groups is 1. The molecule has 2 unspecified atom stereocenters. The van der Waals surface area contributed by atoms with Gasteiger partial charge in [-0.2, -0.15) is 0 Å². The Morgan fingerprint density at radius 3 is 3.00 bits per heavy atom. The molecule has 3 rings (SSSR count). The lowest BCUT2D eigenvalue weighted by Gasteiger charge is -2.28. The maximum Gasteiger partial charge on any atom is 0.0603 e. The van der Waals surface area contributed by atoms with Gasteiger partial charge in [0.25, 0.3) is 0 Å². The van der Waals surface area contributed by atoms with E-state index in [4.69, 9.17) is 10.5 Å². The Morgan fingerprint density at radius 1 is 1.24 bits per heavy atom. The molecule has 0 radical (unpaired) electrons. The summed E-state index contributed by atoms with van der Waals surface area (Å²) in [4.78, 5) is 1.36. The van der Waals surface area contributed by atoms with Crippen LogP contribution in [0.2, 0.25) is 0 Å². The second kappa shape index (κ2) is 5.01. The van der Waals surface area contributed by atoms with Crippen LogP contribution in [0.1, 0.15) is 24.0 Å². The summed E-state index contributed by atoms with van der Waals surface area (Å²) in [5, 5.41) is 0.420. The standard InChI is InChI=1S/C14H19NOS/c15-13-6-7-16-9-14(13)17-12-5-4-10-2-1-3-11(10)8-12/h4-5,8,13-14H,1-3,6-7,9,15H2. The molecule has 17 heavy (non-hydrogen) atoms. The zero-order chi connectivity index (χ0) is 11.7. The quantitative estimate of drug-likeness (QED) is 0.874. The second-order valence-corrected chi connectivity index (χ2v) is 6.28. The Hall–Kier alpha value is -0.510. The molecule has 1 aliphatic carbocycles. The Kier molecular flexibility index (Phi) is 3.41. The lowest BCUT2D eigenvalue weighted by Crippen LogP contribution is -2.40. The minimum atomic E-state index is 0.280. The van der Waals surface area contributed by atoms with Crippen LogP contribution in [0.15, 0.2) is 23.1 Å². The SMILES string of the molecule is NC1CCOCC1Sc1ccc2c(c1)CCC2.